The average Bonchev–Trinajstić information content (AvgIpc) is 2.69. The maximum absolute atomic E-state index is 12.9. The first-order chi connectivity index (χ1) is 13.8. The Kier molecular flexibility index (Phi) is 5.97. The van der Waals surface area contributed by atoms with Crippen molar-refractivity contribution in [3.8, 4) is 0 Å². The van der Waals surface area contributed by atoms with Gasteiger partial charge in [-0.05, 0) is 54.7 Å². The SMILES string of the molecule is CCN(C(=O)c1cnc(Nc2ccc(C(C)(C)C)cc2)nc1)c1cccc(C)c1. The number of carbonyl (C=O) groups excluding carboxylic acids is 1. The van der Waals surface area contributed by atoms with Crippen LogP contribution in [0.1, 0.15) is 49.2 Å². The Labute approximate surface area is 172 Å². The van der Waals surface area contributed by atoms with Crippen molar-refractivity contribution in [2.24, 2.45) is 0 Å². The Hall–Kier alpha value is -3.21. The normalized spacial score (nSPS) is 11.2. The number of nitrogens with one attached hydrogen (secondary N) is 1. The second kappa shape index (κ2) is 8.43. The topological polar surface area (TPSA) is 58.1 Å². The van der Waals surface area contributed by atoms with Crippen molar-refractivity contribution in [2.75, 3.05) is 16.8 Å². The van der Waals surface area contributed by atoms with Gasteiger partial charge in [-0.25, -0.2) is 9.97 Å². The number of hydrogen-bond donors (Lipinski definition) is 1. The summed E-state index contributed by atoms with van der Waals surface area (Å²) in [7, 11) is 0. The van der Waals surface area contributed by atoms with Crippen molar-refractivity contribution in [1.82, 2.24) is 9.97 Å². The number of hydrogen-bond acceptors (Lipinski definition) is 4. The summed E-state index contributed by atoms with van der Waals surface area (Å²) in [5, 5.41) is 3.18. The maximum Gasteiger partial charge on any atom is 0.261 e. The van der Waals surface area contributed by atoms with E-state index in [4.69, 9.17) is 0 Å². The molecular weight excluding hydrogens is 360 g/mol. The molecule has 1 amide bonds. The smallest absolute Gasteiger partial charge is 0.261 e. The molecule has 0 saturated carbocycles. The van der Waals surface area contributed by atoms with Gasteiger partial charge < -0.3 is 10.2 Å². The van der Waals surface area contributed by atoms with Crippen LogP contribution in [0.25, 0.3) is 0 Å². The van der Waals surface area contributed by atoms with E-state index in [1.807, 2.05) is 50.2 Å². The van der Waals surface area contributed by atoms with E-state index in [1.165, 1.54) is 5.56 Å². The van der Waals surface area contributed by atoms with Crippen LogP contribution in [-0.4, -0.2) is 22.4 Å². The van der Waals surface area contributed by atoms with Crippen molar-refractivity contribution in [3.05, 3.63) is 77.6 Å². The molecule has 3 rings (SSSR count). The molecule has 0 atom stereocenters. The first-order valence-corrected chi connectivity index (χ1v) is 9.86. The summed E-state index contributed by atoms with van der Waals surface area (Å²) in [5.74, 6) is 0.350. The van der Waals surface area contributed by atoms with Crippen LogP contribution in [-0.2, 0) is 5.41 Å². The van der Waals surface area contributed by atoms with Gasteiger partial charge in [0.05, 0.1) is 5.56 Å². The van der Waals surface area contributed by atoms with Gasteiger partial charge in [0.1, 0.15) is 0 Å². The number of carbonyl (C=O) groups is 1. The highest BCUT2D eigenvalue weighted by Crippen LogP contribution is 2.24. The zero-order chi connectivity index (χ0) is 21.0. The van der Waals surface area contributed by atoms with Gasteiger partial charge in [-0.15, -0.1) is 0 Å². The molecule has 0 aliphatic rings. The lowest BCUT2D eigenvalue weighted by Crippen LogP contribution is -2.30. The molecule has 0 unspecified atom stereocenters. The molecule has 3 aromatic rings. The molecule has 1 N–H and O–H groups in total. The minimum atomic E-state index is -0.112. The van der Waals surface area contributed by atoms with E-state index in [2.05, 4.69) is 48.2 Å². The van der Waals surface area contributed by atoms with Gasteiger partial charge in [0.25, 0.3) is 5.91 Å². The number of nitrogens with zero attached hydrogens (tertiary/aromatic N) is 3. The van der Waals surface area contributed by atoms with Crippen LogP contribution in [0.15, 0.2) is 60.9 Å². The fraction of sp³-hybridized carbons (Fsp3) is 0.292. The third-order valence-electron chi connectivity index (χ3n) is 4.78. The minimum absolute atomic E-state index is 0.111. The van der Waals surface area contributed by atoms with Crippen LogP contribution in [0.3, 0.4) is 0 Å². The van der Waals surface area contributed by atoms with Crippen LogP contribution in [0.2, 0.25) is 0 Å². The van der Waals surface area contributed by atoms with E-state index in [0.29, 0.717) is 18.1 Å². The first-order valence-electron chi connectivity index (χ1n) is 9.86. The van der Waals surface area contributed by atoms with Crippen LogP contribution in [0.4, 0.5) is 17.3 Å². The van der Waals surface area contributed by atoms with Crippen molar-refractivity contribution in [2.45, 2.75) is 40.0 Å². The molecule has 29 heavy (non-hydrogen) atoms. The molecule has 0 saturated heterocycles. The summed E-state index contributed by atoms with van der Waals surface area (Å²) in [6.45, 7) is 11.1. The molecule has 1 heterocycles. The first kappa shape index (κ1) is 20.5. The monoisotopic (exact) mass is 388 g/mol. The predicted octanol–water partition coefficient (Wildman–Crippen LogP) is 5.49. The second-order valence-electron chi connectivity index (χ2n) is 8.14. The van der Waals surface area contributed by atoms with E-state index in [1.54, 1.807) is 17.3 Å². The number of amides is 1. The van der Waals surface area contributed by atoms with E-state index in [-0.39, 0.29) is 11.3 Å². The van der Waals surface area contributed by atoms with Crippen LogP contribution in [0, 0.1) is 6.92 Å². The predicted molar refractivity (Wildman–Crippen MR) is 119 cm³/mol. The van der Waals surface area contributed by atoms with Crippen LogP contribution in [0.5, 0.6) is 0 Å². The Balaban J connectivity index is 1.73. The summed E-state index contributed by atoms with van der Waals surface area (Å²) in [6.07, 6.45) is 3.14. The van der Waals surface area contributed by atoms with Crippen molar-refractivity contribution in [3.63, 3.8) is 0 Å². The van der Waals surface area contributed by atoms with Gasteiger partial charge in [0.2, 0.25) is 5.95 Å². The average molecular weight is 389 g/mol. The highest BCUT2D eigenvalue weighted by molar-refractivity contribution is 6.05. The van der Waals surface area contributed by atoms with Gasteiger partial charge in [-0.2, -0.15) is 0 Å². The third-order valence-corrected chi connectivity index (χ3v) is 4.78. The van der Waals surface area contributed by atoms with Gasteiger partial charge in [0.15, 0.2) is 0 Å². The zero-order valence-corrected chi connectivity index (χ0v) is 17.7. The summed E-state index contributed by atoms with van der Waals surface area (Å²) < 4.78 is 0. The van der Waals surface area contributed by atoms with Gasteiger partial charge >= 0.3 is 0 Å². The molecule has 2 aromatic carbocycles. The lowest BCUT2D eigenvalue weighted by atomic mass is 9.87. The van der Waals surface area contributed by atoms with E-state index in [9.17, 15) is 4.79 Å². The van der Waals surface area contributed by atoms with Crippen molar-refractivity contribution < 1.29 is 4.79 Å². The Morgan fingerprint density at radius 1 is 1.03 bits per heavy atom. The van der Waals surface area contributed by atoms with Crippen molar-refractivity contribution >= 4 is 23.2 Å². The van der Waals surface area contributed by atoms with E-state index >= 15 is 0 Å². The molecule has 0 aliphatic heterocycles. The molecule has 5 heteroatoms. The Morgan fingerprint density at radius 3 is 2.24 bits per heavy atom. The highest BCUT2D eigenvalue weighted by Gasteiger charge is 2.17. The molecular formula is C24H28N4O. The molecule has 0 spiro atoms. The van der Waals surface area contributed by atoms with E-state index in [0.717, 1.165) is 16.9 Å². The van der Waals surface area contributed by atoms with Crippen molar-refractivity contribution in [1.29, 1.82) is 0 Å². The summed E-state index contributed by atoms with van der Waals surface area (Å²) in [5.41, 5.74) is 4.73. The molecule has 0 bridgehead atoms. The lowest BCUT2D eigenvalue weighted by Gasteiger charge is -2.21. The Bertz CT molecular complexity index is 973. The fourth-order valence-electron chi connectivity index (χ4n) is 3.08. The van der Waals surface area contributed by atoms with Gasteiger partial charge in [-0.3, -0.25) is 4.79 Å². The number of aryl methyl sites for hydroxylation is 1. The lowest BCUT2D eigenvalue weighted by molar-refractivity contribution is 0.0987. The maximum atomic E-state index is 12.9. The highest BCUT2D eigenvalue weighted by atomic mass is 16.2. The largest absolute Gasteiger partial charge is 0.324 e. The number of anilines is 3. The molecule has 0 aliphatic carbocycles. The van der Waals surface area contributed by atoms with E-state index < -0.39 is 0 Å². The van der Waals surface area contributed by atoms with Crippen LogP contribution < -0.4 is 10.2 Å². The molecule has 5 nitrogen and oxygen atoms in total. The summed E-state index contributed by atoms with van der Waals surface area (Å²) in [4.78, 5) is 23.3. The number of benzene rings is 2. The quantitative estimate of drug-likeness (QED) is 0.628. The minimum Gasteiger partial charge on any atom is -0.324 e. The second-order valence-corrected chi connectivity index (χ2v) is 8.14. The third kappa shape index (κ3) is 4.99. The van der Waals surface area contributed by atoms with Gasteiger partial charge in [-0.1, -0.05) is 45.0 Å². The zero-order valence-electron chi connectivity index (χ0n) is 17.7. The van der Waals surface area contributed by atoms with Crippen LogP contribution >= 0.6 is 0 Å². The summed E-state index contributed by atoms with van der Waals surface area (Å²) in [6, 6.07) is 16.1. The molecule has 1 aromatic heterocycles. The Morgan fingerprint density at radius 2 is 1.69 bits per heavy atom. The molecule has 0 radical (unpaired) electrons. The fourth-order valence-corrected chi connectivity index (χ4v) is 3.08. The molecule has 150 valence electrons. The number of aromatic nitrogens is 2. The number of rotatable bonds is 5. The summed E-state index contributed by atoms with van der Waals surface area (Å²) >= 11 is 0. The van der Waals surface area contributed by atoms with Gasteiger partial charge in [0, 0.05) is 30.3 Å². The molecule has 0 fully saturated rings. The standard InChI is InChI=1S/C24H28N4O/c1-6-28(21-9-7-8-17(2)14-21)22(29)18-15-25-23(26-16-18)27-20-12-10-19(11-13-20)24(3,4)5/h7-16H,6H2,1-5H3,(H,25,26,27).